The van der Waals surface area contributed by atoms with E-state index in [1.54, 1.807) is 7.05 Å². The molecule has 1 atom stereocenters. The van der Waals surface area contributed by atoms with Crippen molar-refractivity contribution < 1.29 is 9.59 Å². The van der Waals surface area contributed by atoms with Gasteiger partial charge in [-0.1, -0.05) is 31.2 Å². The summed E-state index contributed by atoms with van der Waals surface area (Å²) in [6.45, 7) is 3.22. The number of nitrogens with zero attached hydrogens (tertiary/aromatic N) is 1. The highest BCUT2D eigenvalue weighted by Gasteiger charge is 2.15. The maximum atomic E-state index is 11.5. The van der Waals surface area contributed by atoms with Gasteiger partial charge < -0.3 is 10.2 Å². The molecule has 0 bridgehead atoms. The molecule has 116 valence electrons. The third-order valence-electron chi connectivity index (χ3n) is 3.35. The van der Waals surface area contributed by atoms with E-state index >= 15 is 0 Å². The van der Waals surface area contributed by atoms with Gasteiger partial charge in [0, 0.05) is 26.1 Å². The number of hydrogen-bond donors (Lipinski definition) is 3. The van der Waals surface area contributed by atoms with E-state index in [0.717, 1.165) is 11.1 Å². The molecule has 1 aromatic rings. The normalized spacial score (nSPS) is 12.0. The summed E-state index contributed by atoms with van der Waals surface area (Å²) in [4.78, 5) is 25.0. The van der Waals surface area contributed by atoms with Gasteiger partial charge in [-0.2, -0.15) is 0 Å². The van der Waals surface area contributed by atoms with Gasteiger partial charge in [0.05, 0.1) is 6.42 Å². The summed E-state index contributed by atoms with van der Waals surface area (Å²) in [5.41, 5.74) is 4.15. The lowest BCUT2D eigenvalue weighted by Crippen LogP contribution is -2.34. The molecule has 0 saturated carbocycles. The zero-order valence-corrected chi connectivity index (χ0v) is 12.8. The van der Waals surface area contributed by atoms with E-state index < -0.39 is 0 Å². The molecule has 0 aliphatic carbocycles. The van der Waals surface area contributed by atoms with Gasteiger partial charge in [0.25, 0.3) is 0 Å². The molecular weight excluding hydrogens is 268 g/mol. The molecule has 2 amide bonds. The molecule has 4 N–H and O–H groups in total. The Morgan fingerprint density at radius 2 is 1.90 bits per heavy atom. The molecule has 0 aliphatic rings. The first-order chi connectivity index (χ1) is 9.97. The minimum Gasteiger partial charge on any atom is -0.359 e. The topological polar surface area (TPSA) is 87.5 Å². The van der Waals surface area contributed by atoms with Crippen LogP contribution in [0, 0.1) is 5.92 Å². The fourth-order valence-corrected chi connectivity index (χ4v) is 2.26. The van der Waals surface area contributed by atoms with Crippen molar-refractivity contribution in [3.05, 3.63) is 35.4 Å². The van der Waals surface area contributed by atoms with Crippen molar-refractivity contribution >= 4 is 11.8 Å². The Bertz CT molecular complexity index is 490. The zero-order valence-electron chi connectivity index (χ0n) is 12.8. The van der Waals surface area contributed by atoms with Gasteiger partial charge in [-0.25, -0.2) is 5.84 Å². The van der Waals surface area contributed by atoms with Crippen molar-refractivity contribution in [2.75, 3.05) is 20.6 Å². The van der Waals surface area contributed by atoms with Gasteiger partial charge in [0.15, 0.2) is 0 Å². The molecule has 0 aliphatic heterocycles. The summed E-state index contributed by atoms with van der Waals surface area (Å²) in [5.74, 6) is 4.85. The lowest BCUT2D eigenvalue weighted by molar-refractivity contribution is -0.124. The second kappa shape index (κ2) is 8.39. The third kappa shape index (κ3) is 5.53. The molecule has 0 spiro atoms. The molecule has 6 heteroatoms. The van der Waals surface area contributed by atoms with Gasteiger partial charge in [-0.3, -0.25) is 15.0 Å². The number of carbonyl (C=O) groups is 2. The smallest absolute Gasteiger partial charge is 0.238 e. The van der Waals surface area contributed by atoms with Crippen LogP contribution in [0.3, 0.4) is 0 Å². The number of hydrazine groups is 1. The van der Waals surface area contributed by atoms with Crippen molar-refractivity contribution in [1.29, 1.82) is 0 Å². The lowest BCUT2D eigenvalue weighted by atomic mass is 10.0. The SMILES string of the molecule is CNC(=O)C(C)CN(C)Cc1ccccc1CC(=O)NN. The highest BCUT2D eigenvalue weighted by atomic mass is 16.2. The number of carbonyl (C=O) groups excluding carboxylic acids is 2. The van der Waals surface area contributed by atoms with Crippen molar-refractivity contribution in [3.63, 3.8) is 0 Å². The summed E-state index contributed by atoms with van der Waals surface area (Å²) in [5, 5.41) is 2.65. The van der Waals surface area contributed by atoms with E-state index in [1.807, 2.05) is 38.2 Å². The maximum absolute atomic E-state index is 11.5. The predicted octanol–water partition coefficient (Wildman–Crippen LogP) is 0.0329. The Labute approximate surface area is 125 Å². The molecule has 6 nitrogen and oxygen atoms in total. The Morgan fingerprint density at radius 3 is 2.48 bits per heavy atom. The Morgan fingerprint density at radius 1 is 1.29 bits per heavy atom. The predicted molar refractivity (Wildman–Crippen MR) is 82.0 cm³/mol. The number of nitrogens with two attached hydrogens (primary N) is 1. The highest BCUT2D eigenvalue weighted by Crippen LogP contribution is 2.13. The van der Waals surface area contributed by atoms with Crippen LogP contribution in [0.15, 0.2) is 24.3 Å². The standard InChI is InChI=1S/C15H24N4O2/c1-11(15(21)17-2)9-19(3)10-13-7-5-4-6-12(13)8-14(20)18-16/h4-7,11H,8-10,16H2,1-3H3,(H,17,21)(H,18,20). The second-order valence-electron chi connectivity index (χ2n) is 5.23. The average molecular weight is 292 g/mol. The van der Waals surface area contributed by atoms with Crippen LogP contribution in [0.4, 0.5) is 0 Å². The van der Waals surface area contributed by atoms with Crippen LogP contribution in [-0.4, -0.2) is 37.4 Å². The monoisotopic (exact) mass is 292 g/mol. The van der Waals surface area contributed by atoms with Gasteiger partial charge in [-0.05, 0) is 18.2 Å². The van der Waals surface area contributed by atoms with Crippen LogP contribution in [0.5, 0.6) is 0 Å². The molecule has 1 aromatic carbocycles. The van der Waals surface area contributed by atoms with Crippen LogP contribution in [0.25, 0.3) is 0 Å². The molecule has 0 saturated heterocycles. The largest absolute Gasteiger partial charge is 0.359 e. The Balaban J connectivity index is 2.69. The molecule has 0 fully saturated rings. The van der Waals surface area contributed by atoms with Gasteiger partial charge >= 0.3 is 0 Å². The number of rotatable bonds is 7. The summed E-state index contributed by atoms with van der Waals surface area (Å²) in [7, 11) is 3.60. The zero-order chi connectivity index (χ0) is 15.8. The molecule has 0 aromatic heterocycles. The van der Waals surface area contributed by atoms with Crippen LogP contribution >= 0.6 is 0 Å². The van der Waals surface area contributed by atoms with Crippen LogP contribution in [0.2, 0.25) is 0 Å². The first-order valence-corrected chi connectivity index (χ1v) is 6.94. The van der Waals surface area contributed by atoms with E-state index in [9.17, 15) is 9.59 Å². The minimum atomic E-state index is -0.219. The van der Waals surface area contributed by atoms with E-state index in [4.69, 9.17) is 5.84 Å². The van der Waals surface area contributed by atoms with Gasteiger partial charge in [0.2, 0.25) is 11.8 Å². The summed E-state index contributed by atoms with van der Waals surface area (Å²) < 4.78 is 0. The number of amides is 2. The first-order valence-electron chi connectivity index (χ1n) is 6.94. The molecule has 0 radical (unpaired) electrons. The minimum absolute atomic E-state index is 0.0256. The van der Waals surface area contributed by atoms with Gasteiger partial charge in [0.1, 0.15) is 0 Å². The number of benzene rings is 1. The highest BCUT2D eigenvalue weighted by molar-refractivity contribution is 5.78. The summed E-state index contributed by atoms with van der Waals surface area (Å²) in [6.07, 6.45) is 0.255. The van der Waals surface area contributed by atoms with E-state index in [1.165, 1.54) is 0 Å². The second-order valence-corrected chi connectivity index (χ2v) is 5.23. The van der Waals surface area contributed by atoms with E-state index in [0.29, 0.717) is 13.1 Å². The molecular formula is C15H24N4O2. The van der Waals surface area contributed by atoms with Crippen molar-refractivity contribution in [2.24, 2.45) is 11.8 Å². The summed E-state index contributed by atoms with van der Waals surface area (Å²) in [6, 6.07) is 7.74. The molecule has 21 heavy (non-hydrogen) atoms. The van der Waals surface area contributed by atoms with Crippen LogP contribution < -0.4 is 16.6 Å². The Hall–Kier alpha value is -1.92. The maximum Gasteiger partial charge on any atom is 0.238 e. The lowest BCUT2D eigenvalue weighted by Gasteiger charge is -2.21. The van der Waals surface area contributed by atoms with Crippen LogP contribution in [-0.2, 0) is 22.6 Å². The van der Waals surface area contributed by atoms with Crippen molar-refractivity contribution in [2.45, 2.75) is 19.9 Å². The van der Waals surface area contributed by atoms with Gasteiger partial charge in [-0.15, -0.1) is 0 Å². The van der Waals surface area contributed by atoms with E-state index in [-0.39, 0.29) is 24.2 Å². The first kappa shape index (κ1) is 17.1. The fraction of sp³-hybridized carbons (Fsp3) is 0.467. The summed E-state index contributed by atoms with van der Waals surface area (Å²) >= 11 is 0. The quantitative estimate of drug-likeness (QED) is 0.376. The number of hydrogen-bond acceptors (Lipinski definition) is 4. The third-order valence-corrected chi connectivity index (χ3v) is 3.35. The Kier molecular flexibility index (Phi) is 6.84. The molecule has 1 rings (SSSR count). The van der Waals surface area contributed by atoms with Crippen molar-refractivity contribution in [3.8, 4) is 0 Å². The van der Waals surface area contributed by atoms with Crippen LogP contribution in [0.1, 0.15) is 18.1 Å². The number of nitrogens with one attached hydrogen (secondary N) is 2. The van der Waals surface area contributed by atoms with E-state index in [2.05, 4.69) is 15.6 Å². The fourth-order valence-electron chi connectivity index (χ4n) is 2.26. The molecule has 1 unspecified atom stereocenters. The van der Waals surface area contributed by atoms with Crippen molar-refractivity contribution in [1.82, 2.24) is 15.6 Å². The average Bonchev–Trinajstić information content (AvgIpc) is 2.47. The molecule has 0 heterocycles.